The van der Waals surface area contributed by atoms with Gasteiger partial charge in [0, 0.05) is 40.2 Å². The molecule has 148 valence electrons. The van der Waals surface area contributed by atoms with Crippen molar-refractivity contribution in [3.05, 3.63) is 92.5 Å². The summed E-state index contributed by atoms with van der Waals surface area (Å²) in [6.07, 6.45) is 6.92. The number of hydrogen-bond acceptors (Lipinski definition) is 3. The highest BCUT2D eigenvalue weighted by atomic mass is 35.5. The molecular weight excluding hydrogens is 400 g/mol. The third-order valence-electron chi connectivity index (χ3n) is 5.40. The summed E-state index contributed by atoms with van der Waals surface area (Å²) in [6, 6.07) is 11.9. The molecule has 2 aromatic carbocycles. The van der Waals surface area contributed by atoms with Crippen LogP contribution in [0.2, 0.25) is 5.02 Å². The molecule has 5 heteroatoms. The first kappa shape index (κ1) is 19.9. The summed E-state index contributed by atoms with van der Waals surface area (Å²) in [5.41, 5.74) is 6.61. The summed E-state index contributed by atoms with van der Waals surface area (Å²) in [6.45, 7) is 4.72. The maximum atomic E-state index is 12.8. The van der Waals surface area contributed by atoms with Crippen molar-refractivity contribution in [2.45, 2.75) is 31.7 Å². The van der Waals surface area contributed by atoms with E-state index in [0.29, 0.717) is 17.1 Å². The molecule has 0 unspecified atom stereocenters. The van der Waals surface area contributed by atoms with E-state index in [1.54, 1.807) is 11.8 Å². The highest BCUT2D eigenvalue weighted by Crippen LogP contribution is 2.46. The van der Waals surface area contributed by atoms with Crippen molar-refractivity contribution < 1.29 is 4.79 Å². The molecule has 1 N–H and O–H groups in total. The molecule has 2 aromatic rings. The fraction of sp³-hybridized carbons (Fsp3) is 0.208. The van der Waals surface area contributed by atoms with Crippen molar-refractivity contribution in [2.24, 2.45) is 0 Å². The summed E-state index contributed by atoms with van der Waals surface area (Å²) in [4.78, 5) is 17.3. The fourth-order valence-electron chi connectivity index (χ4n) is 3.50. The van der Waals surface area contributed by atoms with Gasteiger partial charge in [-0.3, -0.25) is 4.79 Å². The zero-order valence-corrected chi connectivity index (χ0v) is 18.3. The van der Waals surface area contributed by atoms with Crippen molar-refractivity contribution in [2.75, 3.05) is 11.9 Å². The Morgan fingerprint density at radius 3 is 2.79 bits per heavy atom. The molecule has 1 amide bonds. The maximum Gasteiger partial charge on any atom is 0.251 e. The summed E-state index contributed by atoms with van der Waals surface area (Å²) in [7, 11) is 2.08. The normalized spacial score (nSPS) is 15.4. The van der Waals surface area contributed by atoms with Crippen LogP contribution in [-0.4, -0.2) is 13.0 Å². The summed E-state index contributed by atoms with van der Waals surface area (Å²) >= 11 is 7.95. The van der Waals surface area contributed by atoms with Gasteiger partial charge in [-0.15, -0.1) is 0 Å². The van der Waals surface area contributed by atoms with Gasteiger partial charge < -0.3 is 10.2 Å². The van der Waals surface area contributed by atoms with Gasteiger partial charge in [0.15, 0.2) is 0 Å². The van der Waals surface area contributed by atoms with Gasteiger partial charge in [0.1, 0.15) is 0 Å². The van der Waals surface area contributed by atoms with Crippen LogP contribution in [0.15, 0.2) is 75.7 Å². The van der Waals surface area contributed by atoms with Crippen molar-refractivity contribution >= 4 is 35.0 Å². The average molecular weight is 423 g/mol. The lowest BCUT2D eigenvalue weighted by molar-refractivity contribution is -0.117. The summed E-state index contributed by atoms with van der Waals surface area (Å²) in [5, 5.41) is 3.66. The fourth-order valence-corrected chi connectivity index (χ4v) is 5.00. The minimum absolute atomic E-state index is 0.0733. The van der Waals surface area contributed by atoms with E-state index in [-0.39, 0.29) is 5.91 Å². The Bertz CT molecular complexity index is 1080. The molecule has 0 aromatic heterocycles. The van der Waals surface area contributed by atoms with Crippen LogP contribution in [0.4, 0.5) is 5.69 Å². The van der Waals surface area contributed by atoms with Gasteiger partial charge in [-0.25, -0.2) is 0 Å². The summed E-state index contributed by atoms with van der Waals surface area (Å²) < 4.78 is 0. The molecule has 2 aliphatic rings. The Morgan fingerprint density at radius 1 is 1.21 bits per heavy atom. The number of allylic oxidation sites excluding steroid dienone is 2. The molecule has 1 aliphatic carbocycles. The van der Waals surface area contributed by atoms with Crippen LogP contribution in [0.1, 0.15) is 23.1 Å². The quantitative estimate of drug-likeness (QED) is 0.666. The molecule has 29 heavy (non-hydrogen) atoms. The predicted molar refractivity (Wildman–Crippen MR) is 122 cm³/mol. The zero-order chi connectivity index (χ0) is 20.5. The minimum Gasteiger partial charge on any atom is -0.350 e. The molecule has 4 rings (SSSR count). The van der Waals surface area contributed by atoms with Crippen LogP contribution >= 0.6 is 23.4 Å². The number of nitrogens with one attached hydrogen (secondary N) is 1. The number of nitrogens with zero attached hydrogens (tertiary/aromatic N) is 1. The summed E-state index contributed by atoms with van der Waals surface area (Å²) in [5.74, 6) is -0.0733. The van der Waals surface area contributed by atoms with Crippen molar-refractivity contribution in [1.29, 1.82) is 0 Å². The highest BCUT2D eigenvalue weighted by molar-refractivity contribution is 8.03. The number of amides is 1. The topological polar surface area (TPSA) is 32.3 Å². The Hall–Kier alpha value is -2.43. The Balaban J connectivity index is 1.57. The SMILES string of the molecule is Cc1ccc2c(c1C)SC1=CC(C(=O)NCc3ccccc3Cl)=CCC1=CN2C. The van der Waals surface area contributed by atoms with Gasteiger partial charge in [-0.05, 0) is 60.7 Å². The van der Waals surface area contributed by atoms with E-state index >= 15 is 0 Å². The minimum atomic E-state index is -0.0733. The van der Waals surface area contributed by atoms with Crippen LogP contribution in [0.25, 0.3) is 0 Å². The average Bonchev–Trinajstić information content (AvgIpc) is 2.85. The maximum absolute atomic E-state index is 12.8. The van der Waals surface area contributed by atoms with Crippen LogP contribution in [0, 0.1) is 13.8 Å². The van der Waals surface area contributed by atoms with E-state index in [2.05, 4.69) is 49.4 Å². The smallest absolute Gasteiger partial charge is 0.251 e. The predicted octanol–water partition coefficient (Wildman–Crippen LogP) is 5.91. The standard InChI is InChI=1S/C24H23ClN2OS/c1-15-8-11-21-23(16(15)2)29-22-12-17(9-10-19(22)14-27(21)3)24(28)26-13-18-6-4-5-7-20(18)25/h4-9,11-12,14H,10,13H2,1-3H3,(H,26,28). The molecule has 0 fully saturated rings. The van der Waals surface area contributed by atoms with Crippen LogP contribution in [-0.2, 0) is 11.3 Å². The van der Waals surface area contributed by atoms with E-state index in [1.165, 1.54) is 27.3 Å². The van der Waals surface area contributed by atoms with E-state index in [9.17, 15) is 4.79 Å². The van der Waals surface area contributed by atoms with E-state index in [0.717, 1.165) is 16.9 Å². The first-order valence-electron chi connectivity index (χ1n) is 9.59. The molecular formula is C24H23ClN2OS. The number of anilines is 1. The highest BCUT2D eigenvalue weighted by Gasteiger charge is 2.23. The van der Waals surface area contributed by atoms with E-state index in [4.69, 9.17) is 11.6 Å². The van der Waals surface area contributed by atoms with Gasteiger partial charge in [0.2, 0.25) is 0 Å². The molecule has 0 bridgehead atoms. The Labute approximate surface area is 181 Å². The monoisotopic (exact) mass is 422 g/mol. The van der Waals surface area contributed by atoms with Crippen LogP contribution < -0.4 is 10.2 Å². The van der Waals surface area contributed by atoms with Gasteiger partial charge in [0.25, 0.3) is 5.91 Å². The number of carbonyl (C=O) groups is 1. The first-order chi connectivity index (χ1) is 13.9. The van der Waals surface area contributed by atoms with Gasteiger partial charge in [-0.1, -0.05) is 53.7 Å². The van der Waals surface area contributed by atoms with Crippen molar-refractivity contribution in [3.8, 4) is 0 Å². The number of benzene rings is 2. The molecule has 0 atom stereocenters. The number of hydrogen-bond donors (Lipinski definition) is 1. The molecule has 1 aliphatic heterocycles. The van der Waals surface area contributed by atoms with Crippen LogP contribution in [0.3, 0.4) is 0 Å². The lowest BCUT2D eigenvalue weighted by atomic mass is 10.0. The lowest BCUT2D eigenvalue weighted by Gasteiger charge is -2.18. The number of thioether (sulfide) groups is 1. The van der Waals surface area contributed by atoms with Crippen molar-refractivity contribution in [1.82, 2.24) is 5.32 Å². The number of aryl methyl sites for hydroxylation is 1. The number of rotatable bonds is 3. The second-order valence-electron chi connectivity index (χ2n) is 7.37. The molecule has 3 nitrogen and oxygen atoms in total. The van der Waals surface area contributed by atoms with Gasteiger partial charge in [0.05, 0.1) is 5.69 Å². The second-order valence-corrected chi connectivity index (χ2v) is 8.83. The van der Waals surface area contributed by atoms with Gasteiger partial charge in [-0.2, -0.15) is 0 Å². The van der Waals surface area contributed by atoms with Crippen LogP contribution in [0.5, 0.6) is 0 Å². The van der Waals surface area contributed by atoms with Gasteiger partial charge >= 0.3 is 0 Å². The van der Waals surface area contributed by atoms with E-state index in [1.807, 2.05) is 36.4 Å². The zero-order valence-electron chi connectivity index (χ0n) is 16.8. The number of halogens is 1. The molecule has 0 saturated carbocycles. The lowest BCUT2D eigenvalue weighted by Crippen LogP contribution is -2.24. The van der Waals surface area contributed by atoms with Crippen molar-refractivity contribution in [3.63, 3.8) is 0 Å². The molecule has 1 heterocycles. The second kappa shape index (κ2) is 8.13. The number of carbonyl (C=O) groups excluding carboxylic acids is 1. The van der Waals surface area contributed by atoms with E-state index < -0.39 is 0 Å². The third kappa shape index (κ3) is 4.00. The molecule has 0 spiro atoms. The third-order valence-corrected chi connectivity index (χ3v) is 7.09. The molecule has 0 saturated heterocycles. The number of fused-ring (bicyclic) bond motifs is 2. The Kier molecular flexibility index (Phi) is 5.57. The molecule has 0 radical (unpaired) electrons. The largest absolute Gasteiger partial charge is 0.350 e. The first-order valence-corrected chi connectivity index (χ1v) is 10.8. The Morgan fingerprint density at radius 2 is 2.00 bits per heavy atom.